The molecule has 1 aromatic carbocycles. The van der Waals surface area contributed by atoms with Crippen LogP contribution in [0.3, 0.4) is 0 Å². The van der Waals surface area contributed by atoms with Gasteiger partial charge in [0.25, 0.3) is 0 Å². The van der Waals surface area contributed by atoms with E-state index in [-0.39, 0.29) is 6.10 Å². The van der Waals surface area contributed by atoms with Gasteiger partial charge in [0.1, 0.15) is 6.10 Å². The highest BCUT2D eigenvalue weighted by molar-refractivity contribution is 5.61. The van der Waals surface area contributed by atoms with E-state index in [0.717, 1.165) is 11.1 Å². The normalized spacial score (nSPS) is 19.6. The molecule has 0 amide bonds. The third-order valence-corrected chi connectivity index (χ3v) is 2.00. The fourth-order valence-corrected chi connectivity index (χ4v) is 1.43. The minimum absolute atomic E-state index is 0.189. The van der Waals surface area contributed by atoms with Gasteiger partial charge in [-0.2, -0.15) is 0 Å². The predicted molar refractivity (Wildman–Crippen MR) is 45.3 cm³/mol. The number of fused-ring (bicyclic) bond motifs is 1. The van der Waals surface area contributed by atoms with E-state index in [9.17, 15) is 4.39 Å². The summed E-state index contributed by atoms with van der Waals surface area (Å²) in [5.74, 6) is 0. The number of hydrogen-bond donors (Lipinski definition) is 0. The van der Waals surface area contributed by atoms with E-state index in [1.165, 1.54) is 0 Å². The van der Waals surface area contributed by atoms with E-state index in [0.29, 0.717) is 0 Å². The van der Waals surface area contributed by atoms with Crippen molar-refractivity contribution >= 4 is 6.08 Å². The molecule has 0 N–H and O–H groups in total. The van der Waals surface area contributed by atoms with Crippen molar-refractivity contribution in [3.63, 3.8) is 0 Å². The molecule has 2 heteroatoms. The van der Waals surface area contributed by atoms with Gasteiger partial charge in [-0.15, -0.1) is 0 Å². The lowest BCUT2D eigenvalue weighted by Gasteiger charge is -2.08. The molecule has 12 heavy (non-hydrogen) atoms. The van der Waals surface area contributed by atoms with E-state index >= 15 is 0 Å². The maximum Gasteiger partial charge on any atom is 0.189 e. The van der Waals surface area contributed by atoms with Gasteiger partial charge in [0, 0.05) is 0 Å². The summed E-state index contributed by atoms with van der Waals surface area (Å²) in [5, 5.41) is 0. The lowest BCUT2D eigenvalue weighted by molar-refractivity contribution is 0.0208. The SMILES string of the molecule is FCOC1C=Cc2ccccc21. The largest absolute Gasteiger partial charge is 0.338 e. The van der Waals surface area contributed by atoms with Crippen molar-refractivity contribution < 1.29 is 9.13 Å². The second-order valence-corrected chi connectivity index (χ2v) is 2.68. The fraction of sp³-hybridized carbons (Fsp3) is 0.200. The minimum Gasteiger partial charge on any atom is -0.338 e. The first-order valence-corrected chi connectivity index (χ1v) is 3.86. The third kappa shape index (κ3) is 1.14. The number of ether oxygens (including phenoxy) is 1. The molecule has 0 aromatic heterocycles. The summed E-state index contributed by atoms with van der Waals surface area (Å²) < 4.78 is 16.8. The molecule has 2 rings (SSSR count). The number of halogens is 1. The number of alkyl halides is 1. The Labute approximate surface area is 70.5 Å². The van der Waals surface area contributed by atoms with Crippen LogP contribution in [0.25, 0.3) is 6.08 Å². The van der Waals surface area contributed by atoms with Gasteiger partial charge in [-0.1, -0.05) is 36.4 Å². The van der Waals surface area contributed by atoms with Gasteiger partial charge in [-0.3, -0.25) is 0 Å². The summed E-state index contributed by atoms with van der Waals surface area (Å²) in [6.45, 7) is -0.733. The Bertz CT molecular complexity index is 306. The monoisotopic (exact) mass is 164 g/mol. The number of rotatable bonds is 2. The Hall–Kier alpha value is -1.15. The molecule has 1 atom stereocenters. The molecule has 0 bridgehead atoms. The molecule has 1 aliphatic rings. The average Bonchev–Trinajstić information content (AvgIpc) is 2.50. The molecular formula is C10H9FO. The lowest BCUT2D eigenvalue weighted by Crippen LogP contribution is -1.97. The molecule has 0 heterocycles. The van der Waals surface area contributed by atoms with Crippen molar-refractivity contribution in [1.29, 1.82) is 0 Å². The van der Waals surface area contributed by atoms with Crippen LogP contribution in [0.4, 0.5) is 4.39 Å². The quantitative estimate of drug-likeness (QED) is 0.653. The molecule has 1 unspecified atom stereocenters. The number of benzene rings is 1. The second kappa shape index (κ2) is 3.07. The molecule has 0 spiro atoms. The van der Waals surface area contributed by atoms with Crippen molar-refractivity contribution in [3.05, 3.63) is 41.5 Å². The molecule has 0 saturated heterocycles. The van der Waals surface area contributed by atoms with Crippen molar-refractivity contribution in [2.75, 3.05) is 6.86 Å². The summed E-state index contributed by atoms with van der Waals surface area (Å²) in [7, 11) is 0. The van der Waals surface area contributed by atoms with E-state index < -0.39 is 6.86 Å². The zero-order valence-corrected chi connectivity index (χ0v) is 6.53. The highest BCUT2D eigenvalue weighted by Crippen LogP contribution is 2.30. The Morgan fingerprint density at radius 2 is 2.17 bits per heavy atom. The van der Waals surface area contributed by atoms with E-state index in [2.05, 4.69) is 0 Å². The molecule has 0 aliphatic heterocycles. The fourth-order valence-electron chi connectivity index (χ4n) is 1.43. The number of hydrogen-bond acceptors (Lipinski definition) is 1. The molecule has 0 fully saturated rings. The van der Waals surface area contributed by atoms with Crippen LogP contribution >= 0.6 is 0 Å². The van der Waals surface area contributed by atoms with Crippen LogP contribution in [0.15, 0.2) is 30.3 Å². The first kappa shape index (κ1) is 7.50. The third-order valence-electron chi connectivity index (χ3n) is 2.00. The van der Waals surface area contributed by atoms with Gasteiger partial charge in [-0.25, -0.2) is 4.39 Å². The van der Waals surface area contributed by atoms with Crippen LogP contribution in [0, 0.1) is 0 Å². The smallest absolute Gasteiger partial charge is 0.189 e. The Morgan fingerprint density at radius 1 is 1.33 bits per heavy atom. The van der Waals surface area contributed by atoms with Crippen LogP contribution in [0.2, 0.25) is 0 Å². The predicted octanol–water partition coefficient (Wildman–Crippen LogP) is 2.70. The molecule has 1 aromatic rings. The van der Waals surface area contributed by atoms with Gasteiger partial charge in [0.15, 0.2) is 6.86 Å². The Balaban J connectivity index is 2.30. The molecular weight excluding hydrogens is 155 g/mol. The Kier molecular flexibility index (Phi) is 1.92. The average molecular weight is 164 g/mol. The van der Waals surface area contributed by atoms with Gasteiger partial charge >= 0.3 is 0 Å². The first-order valence-electron chi connectivity index (χ1n) is 3.86. The van der Waals surface area contributed by atoms with Crippen molar-refractivity contribution in [1.82, 2.24) is 0 Å². The maximum absolute atomic E-state index is 11.9. The molecule has 0 saturated carbocycles. The molecule has 1 aliphatic carbocycles. The van der Waals surface area contributed by atoms with Crippen molar-refractivity contribution in [2.24, 2.45) is 0 Å². The van der Waals surface area contributed by atoms with Gasteiger partial charge < -0.3 is 4.74 Å². The van der Waals surface area contributed by atoms with Crippen molar-refractivity contribution in [2.45, 2.75) is 6.10 Å². The van der Waals surface area contributed by atoms with Gasteiger partial charge in [0.05, 0.1) is 0 Å². The van der Waals surface area contributed by atoms with Crippen LogP contribution in [-0.2, 0) is 4.74 Å². The summed E-state index contributed by atoms with van der Waals surface area (Å²) >= 11 is 0. The lowest BCUT2D eigenvalue weighted by atomic mass is 10.1. The van der Waals surface area contributed by atoms with Gasteiger partial charge in [-0.05, 0) is 11.1 Å². The zero-order valence-electron chi connectivity index (χ0n) is 6.53. The van der Waals surface area contributed by atoms with Crippen molar-refractivity contribution in [3.8, 4) is 0 Å². The van der Waals surface area contributed by atoms with Crippen LogP contribution < -0.4 is 0 Å². The summed E-state index contributed by atoms with van der Waals surface area (Å²) in [4.78, 5) is 0. The highest BCUT2D eigenvalue weighted by atomic mass is 19.1. The summed E-state index contributed by atoms with van der Waals surface area (Å²) in [6.07, 6.45) is 3.63. The zero-order chi connectivity index (χ0) is 8.39. The van der Waals surface area contributed by atoms with Crippen LogP contribution in [0.1, 0.15) is 17.2 Å². The summed E-state index contributed by atoms with van der Waals surface area (Å²) in [6, 6.07) is 7.84. The molecule has 62 valence electrons. The van der Waals surface area contributed by atoms with E-state index in [1.807, 2.05) is 36.4 Å². The molecule has 1 nitrogen and oxygen atoms in total. The van der Waals surface area contributed by atoms with E-state index in [1.54, 1.807) is 0 Å². The van der Waals surface area contributed by atoms with Crippen LogP contribution in [-0.4, -0.2) is 6.86 Å². The maximum atomic E-state index is 11.9. The Morgan fingerprint density at radius 3 is 3.00 bits per heavy atom. The van der Waals surface area contributed by atoms with Gasteiger partial charge in [0.2, 0.25) is 0 Å². The first-order chi connectivity index (χ1) is 5.92. The highest BCUT2D eigenvalue weighted by Gasteiger charge is 2.16. The standard InChI is InChI=1S/C10H9FO/c11-7-12-10-6-5-8-3-1-2-4-9(8)10/h1-6,10H,7H2. The van der Waals surface area contributed by atoms with E-state index in [4.69, 9.17) is 4.74 Å². The molecule has 0 radical (unpaired) electrons. The second-order valence-electron chi connectivity index (χ2n) is 2.68. The topological polar surface area (TPSA) is 9.23 Å². The summed E-state index contributed by atoms with van der Waals surface area (Å²) in [5.41, 5.74) is 2.17. The minimum atomic E-state index is -0.733. The van der Waals surface area contributed by atoms with Crippen LogP contribution in [0.5, 0.6) is 0 Å².